The molecule has 0 N–H and O–H groups in total. The van der Waals surface area contributed by atoms with E-state index in [1.165, 1.54) is 5.39 Å². The van der Waals surface area contributed by atoms with Crippen molar-refractivity contribution in [2.45, 2.75) is 0 Å². The van der Waals surface area contributed by atoms with Crippen molar-refractivity contribution in [1.29, 1.82) is 0 Å². The van der Waals surface area contributed by atoms with Crippen LogP contribution < -0.4 is 9.64 Å². The number of hydrogen-bond donors (Lipinski definition) is 0. The van der Waals surface area contributed by atoms with Crippen molar-refractivity contribution in [1.82, 2.24) is 19.3 Å². The minimum absolute atomic E-state index is 0.790. The van der Waals surface area contributed by atoms with Crippen LogP contribution in [-0.4, -0.2) is 19.3 Å². The average Bonchev–Trinajstić information content (AvgIpc) is 3.63. The standard InChI is InChI=1S/C36H23N5O/c1-3-14-30-24(9-1)23-38-41(30)27-18-19-35-33(22-27)39(32-16-5-6-17-34(32)42-35)25-10-7-11-26(21-25)40-31-15-4-2-12-28(31)29-13-8-20-37-36(29)40/h1-23H. The lowest BCUT2D eigenvalue weighted by molar-refractivity contribution is 0.477. The molecule has 1 aliphatic rings. The summed E-state index contributed by atoms with van der Waals surface area (Å²) in [5.74, 6) is 1.60. The first-order valence-corrected chi connectivity index (χ1v) is 13.9. The Morgan fingerprint density at radius 3 is 2.31 bits per heavy atom. The summed E-state index contributed by atoms with van der Waals surface area (Å²) in [6.45, 7) is 0. The smallest absolute Gasteiger partial charge is 0.151 e. The predicted molar refractivity (Wildman–Crippen MR) is 168 cm³/mol. The molecule has 0 aliphatic carbocycles. The third-order valence-electron chi connectivity index (χ3n) is 8.01. The Bertz CT molecular complexity index is 2260. The summed E-state index contributed by atoms with van der Waals surface area (Å²) < 4.78 is 10.6. The van der Waals surface area contributed by atoms with Crippen LogP contribution in [0.2, 0.25) is 0 Å². The summed E-state index contributed by atoms with van der Waals surface area (Å²) in [4.78, 5) is 7.07. The van der Waals surface area contributed by atoms with Crippen molar-refractivity contribution in [3.63, 3.8) is 0 Å². The minimum atomic E-state index is 0.790. The Hall–Kier alpha value is -5.88. The van der Waals surface area contributed by atoms with Crippen LogP contribution in [0.3, 0.4) is 0 Å². The van der Waals surface area contributed by atoms with Gasteiger partial charge in [-0.3, -0.25) is 4.57 Å². The monoisotopic (exact) mass is 541 g/mol. The van der Waals surface area contributed by atoms with Gasteiger partial charge in [-0.25, -0.2) is 9.67 Å². The van der Waals surface area contributed by atoms with E-state index in [0.717, 1.165) is 67.4 Å². The van der Waals surface area contributed by atoms with Crippen molar-refractivity contribution in [3.8, 4) is 22.9 Å². The molecule has 198 valence electrons. The molecule has 0 saturated heterocycles. The highest BCUT2D eigenvalue weighted by atomic mass is 16.5. The Labute approximate surface area is 241 Å². The second-order valence-electron chi connectivity index (χ2n) is 10.4. The predicted octanol–water partition coefficient (Wildman–Crippen LogP) is 9.09. The zero-order valence-corrected chi connectivity index (χ0v) is 22.4. The second kappa shape index (κ2) is 8.81. The molecule has 0 fully saturated rings. The maximum Gasteiger partial charge on any atom is 0.151 e. The highest BCUT2D eigenvalue weighted by Crippen LogP contribution is 2.51. The number of ether oxygens (including phenoxy) is 1. The molecular formula is C36H23N5O. The zero-order valence-electron chi connectivity index (χ0n) is 22.4. The summed E-state index contributed by atoms with van der Waals surface area (Å²) in [5, 5.41) is 8.13. The maximum absolute atomic E-state index is 6.42. The van der Waals surface area contributed by atoms with Crippen molar-refractivity contribution < 1.29 is 4.74 Å². The highest BCUT2D eigenvalue weighted by molar-refractivity contribution is 6.07. The Balaban J connectivity index is 1.26. The summed E-state index contributed by atoms with van der Waals surface area (Å²) in [7, 11) is 0. The molecule has 8 aromatic rings. The van der Waals surface area contributed by atoms with Crippen LogP contribution >= 0.6 is 0 Å². The first-order valence-electron chi connectivity index (χ1n) is 13.9. The van der Waals surface area contributed by atoms with Crippen LogP contribution in [0.4, 0.5) is 17.1 Å². The van der Waals surface area contributed by atoms with Gasteiger partial charge in [0.05, 0.1) is 34.3 Å². The molecule has 0 unspecified atom stereocenters. The van der Waals surface area contributed by atoms with E-state index < -0.39 is 0 Å². The topological polar surface area (TPSA) is 48.1 Å². The molecule has 4 heterocycles. The first kappa shape index (κ1) is 22.9. The van der Waals surface area contributed by atoms with Gasteiger partial charge >= 0.3 is 0 Å². The number of rotatable bonds is 3. The van der Waals surface area contributed by atoms with Crippen LogP contribution in [0.15, 0.2) is 140 Å². The van der Waals surface area contributed by atoms with E-state index in [1.807, 2.05) is 59.5 Å². The van der Waals surface area contributed by atoms with Gasteiger partial charge in [0, 0.05) is 33.7 Å². The molecule has 0 spiro atoms. The quantitative estimate of drug-likeness (QED) is 0.224. The van der Waals surface area contributed by atoms with E-state index in [2.05, 4.69) is 94.4 Å². The van der Waals surface area contributed by atoms with Crippen molar-refractivity contribution in [2.75, 3.05) is 4.90 Å². The third kappa shape index (κ3) is 3.32. The molecule has 6 nitrogen and oxygen atoms in total. The average molecular weight is 542 g/mol. The zero-order chi connectivity index (χ0) is 27.6. The fourth-order valence-corrected chi connectivity index (χ4v) is 6.16. The molecule has 0 bridgehead atoms. The van der Waals surface area contributed by atoms with Crippen LogP contribution in [0, 0.1) is 0 Å². The Morgan fingerprint density at radius 2 is 1.33 bits per heavy atom. The number of benzene rings is 5. The molecule has 42 heavy (non-hydrogen) atoms. The van der Waals surface area contributed by atoms with Gasteiger partial charge in [-0.15, -0.1) is 0 Å². The van der Waals surface area contributed by atoms with E-state index in [0.29, 0.717) is 0 Å². The second-order valence-corrected chi connectivity index (χ2v) is 10.4. The lowest BCUT2D eigenvalue weighted by atomic mass is 10.1. The lowest BCUT2D eigenvalue weighted by Gasteiger charge is -2.33. The normalized spacial score (nSPS) is 12.4. The molecule has 0 atom stereocenters. The molecule has 0 radical (unpaired) electrons. The van der Waals surface area contributed by atoms with E-state index in [-0.39, 0.29) is 0 Å². The third-order valence-corrected chi connectivity index (χ3v) is 8.01. The maximum atomic E-state index is 6.42. The Morgan fingerprint density at radius 1 is 0.548 bits per heavy atom. The van der Waals surface area contributed by atoms with E-state index in [1.54, 1.807) is 0 Å². The fourth-order valence-electron chi connectivity index (χ4n) is 6.16. The van der Waals surface area contributed by atoms with Gasteiger partial charge in [-0.1, -0.05) is 54.6 Å². The van der Waals surface area contributed by atoms with Crippen LogP contribution in [0.25, 0.3) is 44.2 Å². The molecule has 5 aromatic carbocycles. The van der Waals surface area contributed by atoms with Crippen molar-refractivity contribution in [2.24, 2.45) is 0 Å². The highest BCUT2D eigenvalue weighted by Gasteiger charge is 2.27. The molecule has 1 aliphatic heterocycles. The molecule has 9 rings (SSSR count). The van der Waals surface area contributed by atoms with Crippen molar-refractivity contribution in [3.05, 3.63) is 140 Å². The van der Waals surface area contributed by atoms with Gasteiger partial charge in [0.1, 0.15) is 5.65 Å². The van der Waals surface area contributed by atoms with Crippen molar-refractivity contribution >= 4 is 49.9 Å². The number of anilines is 3. The van der Waals surface area contributed by atoms with Gasteiger partial charge in [0.2, 0.25) is 0 Å². The number of aromatic nitrogens is 4. The summed E-state index contributed by atoms with van der Waals surface area (Å²) >= 11 is 0. The van der Waals surface area contributed by atoms with Gasteiger partial charge in [-0.2, -0.15) is 5.10 Å². The summed E-state index contributed by atoms with van der Waals surface area (Å²) in [5.41, 5.74) is 8.07. The fraction of sp³-hybridized carbons (Fsp3) is 0. The van der Waals surface area contributed by atoms with Gasteiger partial charge in [0.15, 0.2) is 11.5 Å². The van der Waals surface area contributed by atoms with Gasteiger partial charge in [-0.05, 0) is 72.8 Å². The summed E-state index contributed by atoms with van der Waals surface area (Å²) in [6.07, 6.45) is 3.76. The summed E-state index contributed by atoms with van der Waals surface area (Å²) in [6, 6.07) is 43.9. The number of hydrogen-bond acceptors (Lipinski definition) is 4. The van der Waals surface area contributed by atoms with Crippen LogP contribution in [-0.2, 0) is 0 Å². The van der Waals surface area contributed by atoms with E-state index in [9.17, 15) is 0 Å². The minimum Gasteiger partial charge on any atom is -0.453 e. The van der Waals surface area contributed by atoms with E-state index in [4.69, 9.17) is 14.8 Å². The van der Waals surface area contributed by atoms with Crippen LogP contribution in [0.5, 0.6) is 11.5 Å². The molecule has 6 heteroatoms. The lowest BCUT2D eigenvalue weighted by Crippen LogP contribution is -2.16. The molecule has 0 amide bonds. The number of para-hydroxylation sites is 4. The first-order chi connectivity index (χ1) is 20.8. The molecular weight excluding hydrogens is 518 g/mol. The number of nitrogens with zero attached hydrogens (tertiary/aromatic N) is 5. The molecule has 3 aromatic heterocycles. The number of pyridine rings is 1. The Kier molecular flexibility index (Phi) is 4.80. The van der Waals surface area contributed by atoms with Gasteiger partial charge in [0.25, 0.3) is 0 Å². The SMILES string of the molecule is c1cc(N2c3ccccc3Oc3ccc(-n4ncc5ccccc54)cc32)cc(-n2c3ccccc3c3cccnc32)c1. The van der Waals surface area contributed by atoms with Crippen LogP contribution in [0.1, 0.15) is 0 Å². The number of fused-ring (bicyclic) bond motifs is 6. The largest absolute Gasteiger partial charge is 0.453 e. The van der Waals surface area contributed by atoms with E-state index >= 15 is 0 Å². The van der Waals surface area contributed by atoms with Gasteiger partial charge < -0.3 is 9.64 Å². The molecule has 0 saturated carbocycles.